The fourth-order valence-corrected chi connectivity index (χ4v) is 8.93. The highest BCUT2D eigenvalue weighted by molar-refractivity contribution is 7.93. The van der Waals surface area contributed by atoms with Crippen LogP contribution in [0.15, 0.2) is 59.6 Å². The molecule has 6 rings (SSSR count). The number of likely N-dealkylation sites (tertiary alicyclic amines) is 1. The molecule has 15 heteroatoms. The molecule has 3 aliphatic rings. The van der Waals surface area contributed by atoms with E-state index in [9.17, 15) is 27.5 Å². The van der Waals surface area contributed by atoms with Gasteiger partial charge in [-0.3, -0.25) is 9.69 Å². The first-order valence-corrected chi connectivity index (χ1v) is 17.2. The molecule has 0 radical (unpaired) electrons. The molecule has 48 heavy (non-hydrogen) atoms. The first-order chi connectivity index (χ1) is 23.0. The molecule has 2 saturated heterocycles. The Morgan fingerprint density at radius 1 is 1.02 bits per heavy atom. The Balaban J connectivity index is 1.58. The van der Waals surface area contributed by atoms with E-state index in [1.807, 2.05) is 7.05 Å². The van der Waals surface area contributed by atoms with Crippen molar-refractivity contribution in [3.8, 4) is 11.6 Å². The number of fused-ring (bicyclic) bond motifs is 1. The number of carbonyl (C=O) groups is 2. The highest BCUT2D eigenvalue weighted by atomic mass is 32.2. The van der Waals surface area contributed by atoms with Gasteiger partial charge in [0.15, 0.2) is 11.6 Å². The minimum atomic E-state index is -4.77. The molecule has 4 heterocycles. The first-order valence-electron chi connectivity index (χ1n) is 15.7. The summed E-state index contributed by atoms with van der Waals surface area (Å²) in [5.41, 5.74) is -0.0468. The molecule has 0 bridgehead atoms. The maximum absolute atomic E-state index is 15.1. The van der Waals surface area contributed by atoms with Gasteiger partial charge in [-0.2, -0.15) is 0 Å². The van der Waals surface area contributed by atoms with E-state index in [1.54, 1.807) is 25.1 Å². The normalized spacial score (nSPS) is 22.5. The van der Waals surface area contributed by atoms with Crippen LogP contribution < -0.4 is 13.8 Å². The van der Waals surface area contributed by atoms with E-state index in [1.165, 1.54) is 31.5 Å². The number of hydrogen-bond donors (Lipinski definition) is 1. The molecule has 3 aliphatic heterocycles. The number of ether oxygens (including phenoxy) is 2. The predicted molar refractivity (Wildman–Crippen MR) is 171 cm³/mol. The average molecular weight is 686 g/mol. The number of carbonyl (C=O) groups excluding carboxylic acids is 1. The number of benzene rings is 2. The molecule has 3 atom stereocenters. The van der Waals surface area contributed by atoms with Crippen LogP contribution in [0.4, 0.5) is 19.3 Å². The lowest BCUT2D eigenvalue weighted by Crippen LogP contribution is -2.62. The SMILES string of the molecule is CCOc1ncccc1C1C(C2C(=O)N(S(=O)(=O)c3ccccc3OC)c3cc(F)c(F)cc32)N(C(=O)O)CCN1C1CCN(C)CC1. The number of methoxy groups -OCH3 is 1. The van der Waals surface area contributed by atoms with Gasteiger partial charge in [-0.1, -0.05) is 18.2 Å². The average Bonchev–Trinajstić information content (AvgIpc) is 3.35. The molecule has 12 nitrogen and oxygen atoms in total. The molecule has 2 fully saturated rings. The van der Waals surface area contributed by atoms with Gasteiger partial charge in [0.1, 0.15) is 10.6 Å². The Morgan fingerprint density at radius 3 is 2.42 bits per heavy atom. The molecular formula is C33H37F2N5O7S. The highest BCUT2D eigenvalue weighted by Gasteiger charge is 2.56. The van der Waals surface area contributed by atoms with Gasteiger partial charge in [-0.25, -0.2) is 31.3 Å². The fourth-order valence-electron chi connectivity index (χ4n) is 7.31. The monoisotopic (exact) mass is 685 g/mol. The predicted octanol–water partition coefficient (Wildman–Crippen LogP) is 4.09. The van der Waals surface area contributed by atoms with Crippen LogP contribution in [0, 0.1) is 11.6 Å². The lowest BCUT2D eigenvalue weighted by molar-refractivity contribution is -0.121. The smallest absolute Gasteiger partial charge is 0.407 e. The topological polar surface area (TPSA) is 133 Å². The van der Waals surface area contributed by atoms with Crippen molar-refractivity contribution in [3.63, 3.8) is 0 Å². The number of piperidine rings is 1. The van der Waals surface area contributed by atoms with Gasteiger partial charge in [0.25, 0.3) is 15.9 Å². The minimum Gasteiger partial charge on any atom is -0.495 e. The van der Waals surface area contributed by atoms with E-state index >= 15 is 4.39 Å². The third-order valence-corrected chi connectivity index (χ3v) is 11.2. The van der Waals surface area contributed by atoms with E-state index in [0.29, 0.717) is 22.5 Å². The summed E-state index contributed by atoms with van der Waals surface area (Å²) in [6.07, 6.45) is 1.69. The number of hydrogen-bond acceptors (Lipinski definition) is 9. The third kappa shape index (κ3) is 5.73. The number of rotatable bonds is 8. The van der Waals surface area contributed by atoms with Gasteiger partial charge >= 0.3 is 6.09 Å². The van der Waals surface area contributed by atoms with Crippen molar-refractivity contribution in [2.75, 3.05) is 51.2 Å². The number of nitrogens with zero attached hydrogens (tertiary/aromatic N) is 5. The molecule has 3 aromatic rings. The molecule has 2 aromatic carbocycles. The number of aromatic nitrogens is 1. The third-order valence-electron chi connectivity index (χ3n) is 9.46. The number of halogens is 2. The number of anilines is 1. The van der Waals surface area contributed by atoms with Crippen LogP contribution in [-0.2, 0) is 14.8 Å². The molecule has 0 spiro atoms. The van der Waals surface area contributed by atoms with Crippen LogP contribution in [0.25, 0.3) is 0 Å². The zero-order chi connectivity index (χ0) is 34.3. The van der Waals surface area contributed by atoms with Gasteiger partial charge in [-0.15, -0.1) is 0 Å². The zero-order valence-electron chi connectivity index (χ0n) is 26.8. The van der Waals surface area contributed by atoms with Gasteiger partial charge in [0, 0.05) is 37.0 Å². The number of para-hydroxylation sites is 1. The summed E-state index contributed by atoms with van der Waals surface area (Å²) < 4.78 is 70.3. The van der Waals surface area contributed by atoms with Gasteiger partial charge < -0.3 is 24.4 Å². The summed E-state index contributed by atoms with van der Waals surface area (Å²) in [7, 11) is -1.49. The Hall–Kier alpha value is -4.34. The fraction of sp³-hybridized carbons (Fsp3) is 0.424. The molecule has 1 aromatic heterocycles. The zero-order valence-corrected chi connectivity index (χ0v) is 27.6. The van der Waals surface area contributed by atoms with Crippen molar-refractivity contribution in [1.82, 2.24) is 19.7 Å². The van der Waals surface area contributed by atoms with Crippen molar-refractivity contribution < 1.29 is 41.4 Å². The second-order valence-corrected chi connectivity index (χ2v) is 13.8. The summed E-state index contributed by atoms with van der Waals surface area (Å²) in [6.45, 7) is 3.88. The second kappa shape index (κ2) is 13.3. The maximum atomic E-state index is 15.1. The van der Waals surface area contributed by atoms with Gasteiger partial charge in [0.05, 0.1) is 37.4 Å². The summed E-state index contributed by atoms with van der Waals surface area (Å²) in [5.74, 6) is -5.10. The summed E-state index contributed by atoms with van der Waals surface area (Å²) in [6, 6.07) is 8.34. The Bertz CT molecular complexity index is 1820. The Kier molecular flexibility index (Phi) is 9.29. The van der Waals surface area contributed by atoms with Gasteiger partial charge in [-0.05, 0) is 69.7 Å². The van der Waals surface area contributed by atoms with Crippen LogP contribution in [0.3, 0.4) is 0 Å². The summed E-state index contributed by atoms with van der Waals surface area (Å²) >= 11 is 0. The van der Waals surface area contributed by atoms with Crippen LogP contribution in [0.2, 0.25) is 0 Å². The Labute approximate surface area is 277 Å². The lowest BCUT2D eigenvalue weighted by Gasteiger charge is -2.52. The summed E-state index contributed by atoms with van der Waals surface area (Å²) in [5, 5.41) is 10.6. The molecule has 2 amide bonds. The number of carboxylic acid groups (broad SMARTS) is 1. The molecule has 0 aliphatic carbocycles. The van der Waals surface area contributed by atoms with Crippen LogP contribution >= 0.6 is 0 Å². The molecular weight excluding hydrogens is 648 g/mol. The van der Waals surface area contributed by atoms with Crippen LogP contribution in [0.5, 0.6) is 11.6 Å². The number of piperazine rings is 1. The molecule has 256 valence electrons. The van der Waals surface area contributed by atoms with Crippen molar-refractivity contribution in [1.29, 1.82) is 0 Å². The minimum absolute atomic E-state index is 0.0187. The summed E-state index contributed by atoms with van der Waals surface area (Å²) in [4.78, 5) is 37.3. The standard InChI is InChI=1S/C33H37F2N5O7S/c1-4-47-31-21(8-7-13-36-31)29-30(39(33(42)43)17-16-38(29)20-11-14-37(2)15-12-20)28-22-18-23(34)24(35)19-25(22)40(32(28)41)48(44,45)27-10-6-5-9-26(27)46-3/h5-10,13,18-20,28-30H,4,11-12,14-17H2,1-3H3,(H,42,43). The molecule has 1 N–H and O–H groups in total. The van der Waals surface area contributed by atoms with Crippen molar-refractivity contribution >= 4 is 27.7 Å². The van der Waals surface area contributed by atoms with E-state index in [-0.39, 0.29) is 41.3 Å². The quantitative estimate of drug-likeness (QED) is 0.370. The van der Waals surface area contributed by atoms with Crippen LogP contribution in [0.1, 0.15) is 42.9 Å². The first kappa shape index (κ1) is 33.6. The van der Waals surface area contributed by atoms with E-state index in [4.69, 9.17) is 9.47 Å². The van der Waals surface area contributed by atoms with E-state index in [0.717, 1.165) is 36.9 Å². The van der Waals surface area contributed by atoms with Gasteiger partial charge in [0.2, 0.25) is 5.88 Å². The second-order valence-electron chi connectivity index (χ2n) is 12.1. The number of amides is 2. The largest absolute Gasteiger partial charge is 0.495 e. The Morgan fingerprint density at radius 2 is 1.73 bits per heavy atom. The maximum Gasteiger partial charge on any atom is 0.407 e. The molecule has 0 saturated carbocycles. The molecule has 3 unspecified atom stereocenters. The van der Waals surface area contributed by atoms with E-state index < -0.39 is 57.3 Å². The van der Waals surface area contributed by atoms with Crippen LogP contribution in [-0.4, -0.2) is 104 Å². The van der Waals surface area contributed by atoms with Crippen molar-refractivity contribution in [2.45, 2.75) is 48.7 Å². The van der Waals surface area contributed by atoms with Crippen molar-refractivity contribution in [3.05, 3.63) is 77.5 Å². The number of pyridine rings is 1. The number of sulfonamides is 1. The lowest BCUT2D eigenvalue weighted by atomic mass is 9.80. The van der Waals surface area contributed by atoms with E-state index in [2.05, 4.69) is 14.8 Å². The van der Waals surface area contributed by atoms with Crippen molar-refractivity contribution in [2.24, 2.45) is 0 Å². The highest BCUT2D eigenvalue weighted by Crippen LogP contribution is 2.51.